The lowest BCUT2D eigenvalue weighted by Crippen LogP contribution is -2.32. The summed E-state index contributed by atoms with van der Waals surface area (Å²) in [4.78, 5) is 19.5. The molecule has 4 rings (SSSR count). The predicted octanol–water partition coefficient (Wildman–Crippen LogP) is 4.96. The van der Waals surface area contributed by atoms with Gasteiger partial charge in [-0.1, -0.05) is 17.7 Å². The molecule has 6 heteroatoms. The van der Waals surface area contributed by atoms with Gasteiger partial charge in [0.25, 0.3) is 5.91 Å². The molecule has 2 heterocycles. The zero-order valence-corrected chi connectivity index (χ0v) is 17.4. The van der Waals surface area contributed by atoms with Crippen LogP contribution in [0, 0.1) is 6.92 Å². The van der Waals surface area contributed by atoms with Crippen molar-refractivity contribution in [3.8, 4) is 11.5 Å². The van der Waals surface area contributed by atoms with Crippen LogP contribution in [0.5, 0.6) is 11.5 Å². The Kier molecular flexibility index (Phi) is 5.57. The van der Waals surface area contributed by atoms with Crippen LogP contribution in [0.3, 0.4) is 0 Å². The number of benzene rings is 2. The monoisotopic (exact) mass is 403 g/mol. The molecule has 0 spiro atoms. The number of aryl methyl sites for hydroxylation is 1. The van der Waals surface area contributed by atoms with Crippen LogP contribution >= 0.6 is 0 Å². The molecule has 0 radical (unpaired) electrons. The molecule has 0 aliphatic carbocycles. The number of nitrogens with one attached hydrogen (secondary N) is 1. The second-order valence-electron chi connectivity index (χ2n) is 7.02. The summed E-state index contributed by atoms with van der Waals surface area (Å²) in [7, 11) is 0. The van der Waals surface area contributed by atoms with Gasteiger partial charge in [0.15, 0.2) is 6.17 Å². The smallest absolute Gasteiger partial charge is 0.262 e. The molecule has 1 amide bonds. The number of hydrogen-bond acceptors (Lipinski definition) is 5. The Morgan fingerprint density at radius 3 is 2.53 bits per heavy atom. The minimum Gasteiger partial charge on any atom is -0.494 e. The normalized spacial score (nSPS) is 15.1. The zero-order valence-electron chi connectivity index (χ0n) is 17.4. The van der Waals surface area contributed by atoms with Gasteiger partial charge in [-0.05, 0) is 57.2 Å². The Bertz CT molecular complexity index is 1050. The zero-order chi connectivity index (χ0) is 21.1. The third-order valence-electron chi connectivity index (χ3n) is 4.97. The SMILES string of the molecule is CCOc1ccc(OCC)c(N[C@@H]2c3ncccc3C(=O)N2c2ccc(C)cc2)c1. The summed E-state index contributed by atoms with van der Waals surface area (Å²) < 4.78 is 11.5. The minimum atomic E-state index is -0.465. The molecule has 0 bridgehead atoms. The van der Waals surface area contributed by atoms with E-state index < -0.39 is 6.17 Å². The van der Waals surface area contributed by atoms with E-state index in [1.165, 1.54) is 0 Å². The summed E-state index contributed by atoms with van der Waals surface area (Å²) in [5.74, 6) is 1.34. The quantitative estimate of drug-likeness (QED) is 0.604. The Balaban J connectivity index is 1.77. The molecule has 3 aromatic rings. The van der Waals surface area contributed by atoms with Gasteiger partial charge < -0.3 is 14.8 Å². The molecule has 6 nitrogen and oxygen atoms in total. The number of rotatable bonds is 7. The molecular weight excluding hydrogens is 378 g/mol. The Labute approximate surface area is 176 Å². The van der Waals surface area contributed by atoms with E-state index in [9.17, 15) is 4.79 Å². The van der Waals surface area contributed by atoms with Crippen molar-refractivity contribution >= 4 is 17.3 Å². The maximum absolute atomic E-state index is 13.3. The molecule has 1 aliphatic heterocycles. The fourth-order valence-corrected chi connectivity index (χ4v) is 3.60. The number of carbonyl (C=O) groups is 1. The Morgan fingerprint density at radius 2 is 1.80 bits per heavy atom. The molecule has 0 saturated carbocycles. The maximum atomic E-state index is 13.3. The van der Waals surface area contributed by atoms with Crippen LogP contribution in [0.1, 0.15) is 41.6 Å². The van der Waals surface area contributed by atoms with E-state index in [0.29, 0.717) is 30.2 Å². The summed E-state index contributed by atoms with van der Waals surface area (Å²) in [6.45, 7) is 7.00. The third kappa shape index (κ3) is 3.68. The molecule has 0 unspecified atom stereocenters. The van der Waals surface area contributed by atoms with Gasteiger partial charge in [-0.25, -0.2) is 0 Å². The van der Waals surface area contributed by atoms with Crippen molar-refractivity contribution in [3.05, 3.63) is 77.6 Å². The van der Waals surface area contributed by atoms with Gasteiger partial charge in [-0.2, -0.15) is 0 Å². The molecule has 0 fully saturated rings. The van der Waals surface area contributed by atoms with Crippen molar-refractivity contribution in [2.45, 2.75) is 26.9 Å². The second kappa shape index (κ2) is 8.45. The summed E-state index contributed by atoms with van der Waals surface area (Å²) in [6.07, 6.45) is 1.24. The average molecular weight is 403 g/mol. The lowest BCUT2D eigenvalue weighted by atomic mass is 10.2. The number of ether oxygens (including phenoxy) is 2. The van der Waals surface area contributed by atoms with E-state index in [2.05, 4.69) is 10.3 Å². The van der Waals surface area contributed by atoms with Crippen molar-refractivity contribution in [1.82, 2.24) is 4.98 Å². The van der Waals surface area contributed by atoms with Gasteiger partial charge >= 0.3 is 0 Å². The number of fused-ring (bicyclic) bond motifs is 1. The minimum absolute atomic E-state index is 0.0848. The molecule has 2 aromatic carbocycles. The molecular formula is C24H25N3O3. The second-order valence-corrected chi connectivity index (χ2v) is 7.02. The van der Waals surface area contributed by atoms with Gasteiger partial charge in [-0.15, -0.1) is 0 Å². The highest BCUT2D eigenvalue weighted by molar-refractivity contribution is 6.11. The van der Waals surface area contributed by atoms with Gasteiger partial charge in [-0.3, -0.25) is 14.7 Å². The first-order chi connectivity index (χ1) is 14.6. The highest BCUT2D eigenvalue weighted by atomic mass is 16.5. The molecule has 30 heavy (non-hydrogen) atoms. The van der Waals surface area contributed by atoms with Crippen molar-refractivity contribution in [3.63, 3.8) is 0 Å². The van der Waals surface area contributed by atoms with E-state index in [1.54, 1.807) is 17.2 Å². The highest BCUT2D eigenvalue weighted by Crippen LogP contribution is 2.39. The van der Waals surface area contributed by atoms with Crippen LogP contribution in [-0.4, -0.2) is 24.1 Å². The van der Waals surface area contributed by atoms with Crippen molar-refractivity contribution in [2.24, 2.45) is 0 Å². The fraction of sp³-hybridized carbons (Fsp3) is 0.250. The standard InChI is InChI=1S/C24H25N3O3/c1-4-29-18-12-13-21(30-5-2)20(15-18)26-23-22-19(7-6-14-25-22)24(28)27(23)17-10-8-16(3)9-11-17/h6-15,23,26H,4-5H2,1-3H3/t23-/m0/s1. The Hall–Kier alpha value is -3.54. The van der Waals surface area contributed by atoms with Crippen molar-refractivity contribution in [2.75, 3.05) is 23.4 Å². The van der Waals surface area contributed by atoms with Gasteiger partial charge in [0.05, 0.1) is 30.2 Å². The number of amides is 1. The number of carbonyl (C=O) groups excluding carboxylic acids is 1. The fourth-order valence-electron chi connectivity index (χ4n) is 3.60. The molecule has 1 aromatic heterocycles. The number of nitrogens with zero attached hydrogens (tertiary/aromatic N) is 2. The van der Waals surface area contributed by atoms with Crippen LogP contribution in [-0.2, 0) is 0 Å². The van der Waals surface area contributed by atoms with Crippen LogP contribution in [0.2, 0.25) is 0 Å². The average Bonchev–Trinajstić information content (AvgIpc) is 3.03. The van der Waals surface area contributed by atoms with Crippen LogP contribution in [0.25, 0.3) is 0 Å². The number of anilines is 2. The largest absolute Gasteiger partial charge is 0.494 e. The molecule has 1 aliphatic rings. The Morgan fingerprint density at radius 1 is 1.03 bits per heavy atom. The molecule has 0 saturated heterocycles. The van der Waals surface area contributed by atoms with Gasteiger partial charge in [0, 0.05) is 18.0 Å². The predicted molar refractivity (Wildman–Crippen MR) is 117 cm³/mol. The number of hydrogen-bond donors (Lipinski definition) is 1. The number of pyridine rings is 1. The van der Waals surface area contributed by atoms with E-state index in [4.69, 9.17) is 9.47 Å². The first kappa shape index (κ1) is 19.8. The van der Waals surface area contributed by atoms with Crippen molar-refractivity contribution in [1.29, 1.82) is 0 Å². The first-order valence-electron chi connectivity index (χ1n) is 10.1. The van der Waals surface area contributed by atoms with Crippen LogP contribution < -0.4 is 19.7 Å². The summed E-state index contributed by atoms with van der Waals surface area (Å²) >= 11 is 0. The summed E-state index contributed by atoms with van der Waals surface area (Å²) in [5.41, 5.74) is 3.96. The van der Waals surface area contributed by atoms with E-state index >= 15 is 0 Å². The molecule has 154 valence electrons. The van der Waals surface area contributed by atoms with E-state index in [0.717, 1.165) is 22.7 Å². The van der Waals surface area contributed by atoms with Crippen molar-refractivity contribution < 1.29 is 14.3 Å². The van der Waals surface area contributed by atoms with Gasteiger partial charge in [0.2, 0.25) is 0 Å². The van der Waals surface area contributed by atoms with Crippen LogP contribution in [0.15, 0.2) is 60.8 Å². The maximum Gasteiger partial charge on any atom is 0.262 e. The van der Waals surface area contributed by atoms with E-state index in [1.807, 2.05) is 69.3 Å². The lowest BCUT2D eigenvalue weighted by molar-refractivity contribution is 0.0993. The van der Waals surface area contributed by atoms with Crippen LogP contribution in [0.4, 0.5) is 11.4 Å². The lowest BCUT2D eigenvalue weighted by Gasteiger charge is -2.27. The topological polar surface area (TPSA) is 63.7 Å². The third-order valence-corrected chi connectivity index (χ3v) is 4.97. The van der Waals surface area contributed by atoms with Gasteiger partial charge in [0.1, 0.15) is 11.5 Å². The highest BCUT2D eigenvalue weighted by Gasteiger charge is 2.39. The molecule has 1 N–H and O–H groups in total. The van der Waals surface area contributed by atoms with E-state index in [-0.39, 0.29) is 5.91 Å². The number of aromatic nitrogens is 1. The summed E-state index contributed by atoms with van der Waals surface area (Å²) in [6, 6.07) is 17.2. The summed E-state index contributed by atoms with van der Waals surface area (Å²) in [5, 5.41) is 3.48. The first-order valence-corrected chi connectivity index (χ1v) is 10.1. The molecule has 1 atom stereocenters.